The molecule has 2 aliphatic heterocycles. The first-order valence-corrected chi connectivity index (χ1v) is 10.2. The fourth-order valence-corrected chi connectivity index (χ4v) is 3.85. The van der Waals surface area contributed by atoms with Crippen molar-refractivity contribution >= 4 is 11.8 Å². The van der Waals surface area contributed by atoms with Crippen LogP contribution in [0.5, 0.6) is 0 Å². The van der Waals surface area contributed by atoms with Gasteiger partial charge in [-0.05, 0) is 30.5 Å². The molecule has 2 aromatic rings. The lowest BCUT2D eigenvalue weighted by Crippen LogP contribution is -2.44. The van der Waals surface area contributed by atoms with Crippen LogP contribution in [0.3, 0.4) is 0 Å². The van der Waals surface area contributed by atoms with E-state index in [9.17, 15) is 9.59 Å². The predicted octanol–water partition coefficient (Wildman–Crippen LogP) is 0.750. The van der Waals surface area contributed by atoms with Crippen molar-refractivity contribution in [3.8, 4) is 0 Å². The highest BCUT2D eigenvalue weighted by molar-refractivity contribution is 5.87. The Morgan fingerprint density at radius 3 is 2.80 bits per heavy atom. The third-order valence-electron chi connectivity index (χ3n) is 5.41. The number of hydrogen-bond donors (Lipinski definition) is 0. The van der Waals surface area contributed by atoms with E-state index >= 15 is 0 Å². The zero-order valence-corrected chi connectivity index (χ0v) is 17.1. The molecule has 9 heteroatoms. The summed E-state index contributed by atoms with van der Waals surface area (Å²) in [4.78, 5) is 33.3. The van der Waals surface area contributed by atoms with Gasteiger partial charge in [0.2, 0.25) is 5.91 Å². The Kier molecular flexibility index (Phi) is 6.39. The van der Waals surface area contributed by atoms with Crippen molar-refractivity contribution in [1.29, 1.82) is 0 Å². The van der Waals surface area contributed by atoms with Gasteiger partial charge in [-0.15, -0.1) is 0 Å². The first-order valence-electron chi connectivity index (χ1n) is 10.2. The normalized spacial score (nSPS) is 22.4. The summed E-state index contributed by atoms with van der Waals surface area (Å²) in [7, 11) is 1.84. The number of ether oxygens (including phenoxy) is 2. The van der Waals surface area contributed by atoms with Gasteiger partial charge >= 0.3 is 0 Å². The molecular weight excluding hydrogens is 386 g/mol. The molecule has 0 bridgehead atoms. The number of pyridine rings is 1. The molecule has 4 heterocycles. The van der Waals surface area contributed by atoms with Gasteiger partial charge < -0.3 is 19.3 Å². The summed E-state index contributed by atoms with van der Waals surface area (Å²) in [5.74, 6) is -0.221. The zero-order valence-electron chi connectivity index (χ0n) is 17.1. The molecule has 4 rings (SSSR count). The van der Waals surface area contributed by atoms with Gasteiger partial charge in [-0.1, -0.05) is 0 Å². The van der Waals surface area contributed by atoms with Crippen molar-refractivity contribution in [2.75, 3.05) is 26.2 Å². The van der Waals surface area contributed by atoms with E-state index in [1.807, 2.05) is 25.4 Å². The number of carbonyl (C=O) groups is 2. The third-order valence-corrected chi connectivity index (χ3v) is 5.41. The maximum Gasteiger partial charge on any atom is 0.252 e. The van der Waals surface area contributed by atoms with E-state index < -0.39 is 6.10 Å². The summed E-state index contributed by atoms with van der Waals surface area (Å²) in [6.45, 7) is 2.22. The SMILES string of the molecule is Cn1cc(CN2C[C@H](OCc3ccncc3)CN(C(=O)[C@H]3CCCO3)CC2=O)cn1. The highest BCUT2D eigenvalue weighted by Crippen LogP contribution is 2.19. The average molecular weight is 413 g/mol. The number of rotatable bonds is 6. The fourth-order valence-electron chi connectivity index (χ4n) is 3.85. The minimum atomic E-state index is -0.455. The van der Waals surface area contributed by atoms with Crippen molar-refractivity contribution in [3.05, 3.63) is 48.0 Å². The van der Waals surface area contributed by atoms with Gasteiger partial charge in [-0.2, -0.15) is 5.10 Å². The van der Waals surface area contributed by atoms with Crippen LogP contribution >= 0.6 is 0 Å². The minimum Gasteiger partial charge on any atom is -0.370 e. The largest absolute Gasteiger partial charge is 0.370 e. The Labute approximate surface area is 175 Å². The Morgan fingerprint density at radius 2 is 2.10 bits per heavy atom. The van der Waals surface area contributed by atoms with Crippen LogP contribution in [0.4, 0.5) is 0 Å². The predicted molar refractivity (Wildman–Crippen MR) is 107 cm³/mol. The molecule has 0 aromatic carbocycles. The second-order valence-electron chi connectivity index (χ2n) is 7.81. The summed E-state index contributed by atoms with van der Waals surface area (Å²) in [6, 6.07) is 3.79. The molecule has 2 fully saturated rings. The minimum absolute atomic E-state index is 0.0358. The molecule has 2 aliphatic rings. The molecule has 30 heavy (non-hydrogen) atoms. The van der Waals surface area contributed by atoms with Crippen LogP contribution in [0.25, 0.3) is 0 Å². The van der Waals surface area contributed by atoms with Crippen LogP contribution < -0.4 is 0 Å². The van der Waals surface area contributed by atoms with Crippen molar-refractivity contribution in [3.63, 3.8) is 0 Å². The lowest BCUT2D eigenvalue weighted by atomic mass is 10.2. The average Bonchev–Trinajstić information content (AvgIpc) is 3.40. The number of carbonyl (C=O) groups excluding carboxylic acids is 2. The van der Waals surface area contributed by atoms with Crippen LogP contribution in [0.1, 0.15) is 24.0 Å². The summed E-state index contributed by atoms with van der Waals surface area (Å²) in [6.07, 6.45) is 7.89. The Morgan fingerprint density at radius 1 is 1.27 bits per heavy atom. The maximum absolute atomic E-state index is 13.0. The topological polar surface area (TPSA) is 89.8 Å². The zero-order chi connectivity index (χ0) is 20.9. The summed E-state index contributed by atoms with van der Waals surface area (Å²) in [5, 5.41) is 4.18. The maximum atomic E-state index is 13.0. The molecular formula is C21H27N5O4. The highest BCUT2D eigenvalue weighted by Gasteiger charge is 2.35. The number of aromatic nitrogens is 3. The van der Waals surface area contributed by atoms with Gasteiger partial charge in [0.05, 0.1) is 25.5 Å². The molecule has 9 nitrogen and oxygen atoms in total. The fraction of sp³-hybridized carbons (Fsp3) is 0.524. The van der Waals surface area contributed by atoms with E-state index in [0.29, 0.717) is 39.3 Å². The molecule has 2 aromatic heterocycles. The Bertz CT molecular complexity index is 865. The van der Waals surface area contributed by atoms with Crippen molar-refractivity contribution < 1.29 is 19.1 Å². The van der Waals surface area contributed by atoms with Gasteiger partial charge in [0.1, 0.15) is 6.10 Å². The number of aryl methyl sites for hydroxylation is 1. The van der Waals surface area contributed by atoms with Crippen molar-refractivity contribution in [2.24, 2.45) is 7.05 Å². The quantitative estimate of drug-likeness (QED) is 0.694. The van der Waals surface area contributed by atoms with Crippen LogP contribution in [0.15, 0.2) is 36.9 Å². The van der Waals surface area contributed by atoms with Crippen LogP contribution in [-0.2, 0) is 39.3 Å². The summed E-state index contributed by atoms with van der Waals surface area (Å²) >= 11 is 0. The van der Waals surface area contributed by atoms with Gasteiger partial charge in [-0.3, -0.25) is 19.3 Å². The van der Waals surface area contributed by atoms with Gasteiger partial charge in [0.25, 0.3) is 5.91 Å². The molecule has 160 valence electrons. The first kappa shape index (κ1) is 20.5. The molecule has 0 radical (unpaired) electrons. The van der Waals surface area contributed by atoms with Crippen molar-refractivity contribution in [2.45, 2.75) is 38.2 Å². The van der Waals surface area contributed by atoms with E-state index in [4.69, 9.17) is 9.47 Å². The molecule has 2 saturated heterocycles. The molecule has 0 saturated carbocycles. The second-order valence-corrected chi connectivity index (χ2v) is 7.81. The smallest absolute Gasteiger partial charge is 0.252 e. The molecule has 2 atom stereocenters. The molecule has 0 N–H and O–H groups in total. The monoisotopic (exact) mass is 413 g/mol. The number of nitrogens with zero attached hydrogens (tertiary/aromatic N) is 5. The summed E-state index contributed by atoms with van der Waals surface area (Å²) < 4.78 is 13.4. The first-order chi connectivity index (χ1) is 14.6. The van der Waals surface area contributed by atoms with Gasteiger partial charge in [0, 0.05) is 57.4 Å². The van der Waals surface area contributed by atoms with Gasteiger partial charge in [0.15, 0.2) is 0 Å². The van der Waals surface area contributed by atoms with Crippen LogP contribution in [0.2, 0.25) is 0 Å². The lowest BCUT2D eigenvalue weighted by molar-refractivity contribution is -0.145. The van der Waals surface area contributed by atoms with E-state index in [-0.39, 0.29) is 24.5 Å². The Hall–Kier alpha value is -2.78. The van der Waals surface area contributed by atoms with Crippen molar-refractivity contribution in [1.82, 2.24) is 24.6 Å². The van der Waals surface area contributed by atoms with Crippen LogP contribution in [0, 0.1) is 0 Å². The highest BCUT2D eigenvalue weighted by atomic mass is 16.5. The molecule has 0 spiro atoms. The lowest BCUT2D eigenvalue weighted by Gasteiger charge is -2.26. The van der Waals surface area contributed by atoms with Gasteiger partial charge in [-0.25, -0.2) is 0 Å². The molecule has 0 unspecified atom stereocenters. The van der Waals surface area contributed by atoms with E-state index in [1.165, 1.54) is 0 Å². The summed E-state index contributed by atoms with van der Waals surface area (Å²) in [5.41, 5.74) is 1.94. The van der Waals surface area contributed by atoms with E-state index in [2.05, 4.69) is 10.1 Å². The van der Waals surface area contributed by atoms with Crippen LogP contribution in [-0.4, -0.2) is 74.8 Å². The van der Waals surface area contributed by atoms with E-state index in [1.54, 1.807) is 33.1 Å². The Balaban J connectivity index is 1.48. The molecule has 0 aliphatic carbocycles. The standard InChI is InChI=1S/C21H27N5O4/c1-24-10-17(9-23-24)11-25-12-18(30-15-16-4-6-22-7-5-16)13-26(14-20(25)27)21(28)19-3-2-8-29-19/h4-7,9-10,18-19H,2-3,8,11-15H2,1H3/t18-,19+/m0/s1. The second kappa shape index (κ2) is 9.36. The third kappa shape index (κ3) is 5.03. The van der Waals surface area contributed by atoms with E-state index in [0.717, 1.165) is 17.5 Å². The number of hydrogen-bond acceptors (Lipinski definition) is 6. The number of amides is 2. The molecule has 2 amide bonds.